The Morgan fingerprint density at radius 1 is 1.44 bits per heavy atom. The van der Waals surface area contributed by atoms with Crippen LogP contribution >= 0.6 is 11.8 Å². The summed E-state index contributed by atoms with van der Waals surface area (Å²) in [4.78, 5) is 24.0. The zero-order valence-corrected chi connectivity index (χ0v) is 11.3. The minimum absolute atomic E-state index is 0.0576. The van der Waals surface area contributed by atoms with Gasteiger partial charge in [-0.1, -0.05) is 0 Å². The molecule has 1 rings (SSSR count). The SMILES string of the molecule is CCN(CCC(=O)O)C(=O)c1ccc(CSC)o1. The lowest BCUT2D eigenvalue weighted by molar-refractivity contribution is -0.137. The van der Waals surface area contributed by atoms with Crippen LogP contribution in [0.4, 0.5) is 0 Å². The summed E-state index contributed by atoms with van der Waals surface area (Å²) >= 11 is 1.61. The first-order valence-corrected chi connectivity index (χ1v) is 7.06. The molecule has 100 valence electrons. The third kappa shape index (κ3) is 4.10. The van der Waals surface area contributed by atoms with Crippen LogP contribution in [-0.4, -0.2) is 41.2 Å². The summed E-state index contributed by atoms with van der Waals surface area (Å²) < 4.78 is 5.42. The lowest BCUT2D eigenvalue weighted by Crippen LogP contribution is -2.32. The van der Waals surface area contributed by atoms with Gasteiger partial charge in [-0.05, 0) is 25.3 Å². The minimum atomic E-state index is -0.913. The molecule has 0 spiro atoms. The molecule has 0 radical (unpaired) electrons. The molecule has 6 heteroatoms. The number of aliphatic carboxylic acids is 1. The molecule has 0 aliphatic rings. The van der Waals surface area contributed by atoms with Crippen LogP contribution in [0.1, 0.15) is 29.7 Å². The molecule has 18 heavy (non-hydrogen) atoms. The second-order valence-electron chi connectivity index (χ2n) is 3.73. The smallest absolute Gasteiger partial charge is 0.305 e. The van der Waals surface area contributed by atoms with Gasteiger partial charge in [0.15, 0.2) is 5.76 Å². The summed E-state index contributed by atoms with van der Waals surface area (Å²) in [6.45, 7) is 2.47. The van der Waals surface area contributed by atoms with E-state index >= 15 is 0 Å². The van der Waals surface area contributed by atoms with Gasteiger partial charge in [0.05, 0.1) is 12.2 Å². The quantitative estimate of drug-likeness (QED) is 0.822. The molecule has 0 fully saturated rings. The first kappa shape index (κ1) is 14.6. The third-order valence-corrected chi connectivity index (χ3v) is 3.00. The highest BCUT2D eigenvalue weighted by Crippen LogP contribution is 2.15. The van der Waals surface area contributed by atoms with E-state index in [1.165, 1.54) is 4.90 Å². The predicted octanol–water partition coefficient (Wildman–Crippen LogP) is 2.08. The van der Waals surface area contributed by atoms with E-state index in [0.29, 0.717) is 12.3 Å². The van der Waals surface area contributed by atoms with Crippen molar-refractivity contribution in [3.63, 3.8) is 0 Å². The number of amides is 1. The molecule has 5 nitrogen and oxygen atoms in total. The fourth-order valence-electron chi connectivity index (χ4n) is 1.50. The molecule has 0 aliphatic heterocycles. The predicted molar refractivity (Wildman–Crippen MR) is 69.8 cm³/mol. The maximum atomic E-state index is 12.0. The van der Waals surface area contributed by atoms with Crippen molar-refractivity contribution in [3.8, 4) is 0 Å². The van der Waals surface area contributed by atoms with Crippen LogP contribution in [0.5, 0.6) is 0 Å². The Hall–Kier alpha value is -1.43. The van der Waals surface area contributed by atoms with E-state index in [9.17, 15) is 9.59 Å². The van der Waals surface area contributed by atoms with Crippen LogP contribution in [0.2, 0.25) is 0 Å². The van der Waals surface area contributed by atoms with Crippen LogP contribution in [0, 0.1) is 0 Å². The van der Waals surface area contributed by atoms with Crippen molar-refractivity contribution in [1.82, 2.24) is 4.90 Å². The van der Waals surface area contributed by atoms with Gasteiger partial charge < -0.3 is 14.4 Å². The monoisotopic (exact) mass is 271 g/mol. The molecular weight excluding hydrogens is 254 g/mol. The van der Waals surface area contributed by atoms with Gasteiger partial charge in [0.2, 0.25) is 0 Å². The van der Waals surface area contributed by atoms with Gasteiger partial charge in [-0.2, -0.15) is 11.8 Å². The van der Waals surface area contributed by atoms with E-state index in [1.807, 2.05) is 13.2 Å². The highest BCUT2D eigenvalue weighted by atomic mass is 32.2. The number of carbonyl (C=O) groups excluding carboxylic acids is 1. The maximum absolute atomic E-state index is 12.0. The molecule has 1 heterocycles. The first-order chi connectivity index (χ1) is 8.58. The molecule has 0 atom stereocenters. The number of carboxylic acid groups (broad SMARTS) is 1. The Kier molecular flexibility index (Phi) is 5.77. The van der Waals surface area contributed by atoms with Gasteiger partial charge >= 0.3 is 5.97 Å². The Morgan fingerprint density at radius 2 is 2.17 bits per heavy atom. The highest BCUT2D eigenvalue weighted by Gasteiger charge is 2.18. The summed E-state index contributed by atoms with van der Waals surface area (Å²) in [7, 11) is 0. The lowest BCUT2D eigenvalue weighted by Gasteiger charge is -2.18. The Labute approximate surface area is 110 Å². The average Bonchev–Trinajstić information content (AvgIpc) is 2.78. The Bertz CT molecular complexity index is 416. The summed E-state index contributed by atoms with van der Waals surface area (Å²) in [6.07, 6.45) is 1.90. The normalized spacial score (nSPS) is 10.3. The van der Waals surface area contributed by atoms with E-state index in [1.54, 1.807) is 23.9 Å². The third-order valence-electron chi connectivity index (χ3n) is 2.42. The summed E-state index contributed by atoms with van der Waals surface area (Å²) in [5.41, 5.74) is 0. The molecule has 0 saturated heterocycles. The second-order valence-corrected chi connectivity index (χ2v) is 4.59. The Morgan fingerprint density at radius 3 is 2.72 bits per heavy atom. The molecule has 0 saturated carbocycles. The molecule has 0 aromatic carbocycles. The molecule has 1 aromatic heterocycles. The number of hydrogen-bond donors (Lipinski definition) is 1. The van der Waals surface area contributed by atoms with Gasteiger partial charge in [0, 0.05) is 13.1 Å². The van der Waals surface area contributed by atoms with E-state index in [2.05, 4.69) is 0 Å². The van der Waals surface area contributed by atoms with Gasteiger partial charge in [-0.25, -0.2) is 0 Å². The van der Waals surface area contributed by atoms with Crippen LogP contribution in [-0.2, 0) is 10.5 Å². The number of furan rings is 1. The zero-order valence-electron chi connectivity index (χ0n) is 10.5. The van der Waals surface area contributed by atoms with Crippen LogP contribution in [0.25, 0.3) is 0 Å². The topological polar surface area (TPSA) is 70.8 Å². The van der Waals surface area contributed by atoms with E-state index in [0.717, 1.165) is 5.76 Å². The van der Waals surface area contributed by atoms with Crippen LogP contribution in [0.15, 0.2) is 16.5 Å². The highest BCUT2D eigenvalue weighted by molar-refractivity contribution is 7.97. The van der Waals surface area contributed by atoms with Crippen molar-refractivity contribution in [2.24, 2.45) is 0 Å². The van der Waals surface area contributed by atoms with Crippen molar-refractivity contribution < 1.29 is 19.1 Å². The van der Waals surface area contributed by atoms with Crippen molar-refractivity contribution in [1.29, 1.82) is 0 Å². The zero-order chi connectivity index (χ0) is 13.5. The summed E-state index contributed by atoms with van der Waals surface area (Å²) in [5.74, 6) is 0.565. The minimum Gasteiger partial charge on any atom is -0.481 e. The van der Waals surface area contributed by atoms with Crippen molar-refractivity contribution in [3.05, 3.63) is 23.7 Å². The number of carboxylic acids is 1. The molecule has 1 N–H and O–H groups in total. The molecule has 0 unspecified atom stereocenters. The largest absolute Gasteiger partial charge is 0.481 e. The first-order valence-electron chi connectivity index (χ1n) is 5.67. The fraction of sp³-hybridized carbons (Fsp3) is 0.500. The van der Waals surface area contributed by atoms with E-state index in [4.69, 9.17) is 9.52 Å². The van der Waals surface area contributed by atoms with Gasteiger partial charge in [0.1, 0.15) is 5.76 Å². The molecular formula is C12H17NO4S. The van der Waals surface area contributed by atoms with Gasteiger partial charge in [-0.15, -0.1) is 0 Å². The van der Waals surface area contributed by atoms with Crippen molar-refractivity contribution >= 4 is 23.6 Å². The number of hydrogen-bond acceptors (Lipinski definition) is 4. The van der Waals surface area contributed by atoms with E-state index < -0.39 is 5.97 Å². The molecule has 0 bridgehead atoms. The average molecular weight is 271 g/mol. The molecule has 0 aliphatic carbocycles. The van der Waals surface area contributed by atoms with Crippen LogP contribution < -0.4 is 0 Å². The lowest BCUT2D eigenvalue weighted by atomic mass is 10.3. The standard InChI is InChI=1S/C12H17NO4S/c1-3-13(7-6-11(14)15)12(16)10-5-4-9(17-10)8-18-2/h4-5H,3,6-8H2,1-2H3,(H,14,15). The summed E-state index contributed by atoms with van der Waals surface area (Å²) in [5, 5.41) is 8.62. The van der Waals surface area contributed by atoms with Crippen molar-refractivity contribution in [2.75, 3.05) is 19.3 Å². The summed E-state index contributed by atoms with van der Waals surface area (Å²) in [6, 6.07) is 3.41. The fourth-order valence-corrected chi connectivity index (χ4v) is 1.94. The number of rotatable bonds is 7. The number of thioether (sulfide) groups is 1. The molecule has 1 aromatic rings. The Balaban J connectivity index is 2.66. The maximum Gasteiger partial charge on any atom is 0.305 e. The van der Waals surface area contributed by atoms with Gasteiger partial charge in [-0.3, -0.25) is 9.59 Å². The number of nitrogens with zero attached hydrogens (tertiary/aromatic N) is 1. The number of carbonyl (C=O) groups is 2. The molecule has 1 amide bonds. The van der Waals surface area contributed by atoms with Crippen molar-refractivity contribution in [2.45, 2.75) is 19.1 Å². The van der Waals surface area contributed by atoms with Crippen LogP contribution in [0.3, 0.4) is 0 Å². The van der Waals surface area contributed by atoms with Gasteiger partial charge in [0.25, 0.3) is 5.91 Å². The van der Waals surface area contributed by atoms with E-state index in [-0.39, 0.29) is 24.6 Å². The second kappa shape index (κ2) is 7.10.